The fraction of sp³-hybridized carbons (Fsp3) is 0.464. The van der Waals surface area contributed by atoms with Gasteiger partial charge >= 0.3 is 12.1 Å². The molecule has 9 nitrogen and oxygen atoms in total. The van der Waals surface area contributed by atoms with Crippen LogP contribution in [0.25, 0.3) is 0 Å². The fourth-order valence-electron chi connectivity index (χ4n) is 4.43. The lowest BCUT2D eigenvalue weighted by Gasteiger charge is -2.38. The normalized spacial score (nSPS) is 18.4. The van der Waals surface area contributed by atoms with Gasteiger partial charge < -0.3 is 25.2 Å². The van der Waals surface area contributed by atoms with E-state index in [-0.39, 0.29) is 41.6 Å². The third-order valence-electron chi connectivity index (χ3n) is 6.73. The highest BCUT2D eigenvalue weighted by molar-refractivity contribution is 6.00. The van der Waals surface area contributed by atoms with Crippen molar-refractivity contribution in [2.75, 3.05) is 32.1 Å². The minimum atomic E-state index is -4.46. The molecule has 12 heteroatoms. The maximum Gasteiger partial charge on any atom is 0.389 e. The molecule has 0 radical (unpaired) electrons. The lowest BCUT2D eigenvalue weighted by Crippen LogP contribution is -2.49. The lowest BCUT2D eigenvalue weighted by molar-refractivity contribution is -0.142. The number of benzene rings is 2. The maximum atomic E-state index is 13.5. The van der Waals surface area contributed by atoms with Crippen LogP contribution in [0.4, 0.5) is 18.9 Å². The Bertz CT molecular complexity index is 1200. The van der Waals surface area contributed by atoms with Crippen molar-refractivity contribution in [3.05, 3.63) is 59.2 Å². The molecule has 1 aliphatic rings. The van der Waals surface area contributed by atoms with Crippen LogP contribution in [0.15, 0.2) is 42.5 Å². The highest BCUT2D eigenvalue weighted by Gasteiger charge is 2.34. The zero-order valence-corrected chi connectivity index (χ0v) is 22.6. The molecule has 2 aromatic rings. The molecule has 3 rings (SSSR count). The Hall–Kier alpha value is -3.64. The number of ether oxygens (including phenoxy) is 1. The Morgan fingerprint density at radius 3 is 2.48 bits per heavy atom. The highest BCUT2D eigenvalue weighted by Crippen LogP contribution is 2.31. The van der Waals surface area contributed by atoms with Gasteiger partial charge in [-0.05, 0) is 49.9 Å². The number of carbonyl (C=O) groups excluding carboxylic acids is 2. The summed E-state index contributed by atoms with van der Waals surface area (Å²) in [5.74, 6) is -2.16. The molecule has 0 unspecified atom stereocenters. The van der Waals surface area contributed by atoms with E-state index in [1.165, 1.54) is 35.2 Å². The first-order chi connectivity index (χ1) is 18.8. The number of aliphatic hydroxyl groups excluding tert-OH is 1. The van der Waals surface area contributed by atoms with Crippen LogP contribution < -0.4 is 10.1 Å². The van der Waals surface area contributed by atoms with E-state index < -0.39 is 48.9 Å². The zero-order chi connectivity index (χ0) is 29.6. The SMILES string of the molecule is C[C@@H]1CN([C@@H](C)CO)C(=O)c2cc(NC(=O)CCC(F)(F)F)ccc2O[C@H]1CN(C)Cc1ccc(C(=O)O)cc1. The largest absolute Gasteiger partial charge is 0.488 e. The van der Waals surface area contributed by atoms with E-state index in [1.807, 2.05) is 18.9 Å². The molecule has 3 atom stereocenters. The third-order valence-corrected chi connectivity index (χ3v) is 6.73. The van der Waals surface area contributed by atoms with Gasteiger partial charge in [0.2, 0.25) is 5.91 Å². The summed E-state index contributed by atoms with van der Waals surface area (Å²) in [7, 11) is 1.89. The Kier molecular flexibility index (Phi) is 10.2. The van der Waals surface area contributed by atoms with Crippen LogP contribution in [0, 0.1) is 5.92 Å². The molecule has 0 aliphatic carbocycles. The summed E-state index contributed by atoms with van der Waals surface area (Å²) in [4.78, 5) is 40.2. The van der Waals surface area contributed by atoms with E-state index in [0.717, 1.165) is 5.56 Å². The topological polar surface area (TPSA) is 119 Å². The van der Waals surface area contributed by atoms with Gasteiger partial charge in [-0.2, -0.15) is 13.2 Å². The molecule has 0 spiro atoms. The number of carboxylic acid groups (broad SMARTS) is 1. The van der Waals surface area contributed by atoms with E-state index in [2.05, 4.69) is 5.32 Å². The Labute approximate surface area is 230 Å². The second kappa shape index (κ2) is 13.1. The van der Waals surface area contributed by atoms with Crippen molar-refractivity contribution in [2.45, 2.75) is 51.6 Å². The molecule has 0 fully saturated rings. The standard InChI is InChI=1S/C28H34F3N3O6/c1-17-13-34(18(2)16-35)26(37)22-12-21(32-25(36)10-11-28(29,30)31)8-9-23(22)40-24(17)15-33(3)14-19-4-6-20(7-5-19)27(38)39/h4-9,12,17-18,24,35H,10-11,13-16H2,1-3H3,(H,32,36)(H,38,39)/t17-,18+,24+/m1/s1. The van der Waals surface area contributed by atoms with E-state index in [4.69, 9.17) is 9.84 Å². The minimum Gasteiger partial charge on any atom is -0.488 e. The fourth-order valence-corrected chi connectivity index (χ4v) is 4.43. The molecular weight excluding hydrogens is 531 g/mol. The van der Waals surface area contributed by atoms with Crippen molar-refractivity contribution >= 4 is 23.5 Å². The van der Waals surface area contributed by atoms with Crippen LogP contribution in [0.3, 0.4) is 0 Å². The predicted octanol–water partition coefficient (Wildman–Crippen LogP) is 4.02. The van der Waals surface area contributed by atoms with E-state index in [1.54, 1.807) is 19.1 Å². The molecule has 1 aliphatic heterocycles. The number of carboxylic acids is 1. The predicted molar refractivity (Wildman–Crippen MR) is 141 cm³/mol. The zero-order valence-electron chi connectivity index (χ0n) is 22.6. The van der Waals surface area contributed by atoms with Gasteiger partial charge in [0, 0.05) is 37.7 Å². The number of nitrogens with one attached hydrogen (secondary N) is 1. The molecule has 1 heterocycles. The first-order valence-corrected chi connectivity index (χ1v) is 12.9. The number of likely N-dealkylation sites (N-methyl/N-ethyl adjacent to an activating group) is 1. The summed E-state index contributed by atoms with van der Waals surface area (Å²) in [6.07, 6.45) is -6.86. The van der Waals surface area contributed by atoms with Gasteiger partial charge in [0.15, 0.2) is 0 Å². The van der Waals surface area contributed by atoms with Crippen LogP contribution in [-0.2, 0) is 11.3 Å². The Balaban J connectivity index is 1.82. The van der Waals surface area contributed by atoms with Crippen molar-refractivity contribution < 1.29 is 42.5 Å². The number of halogens is 3. The maximum absolute atomic E-state index is 13.5. The van der Waals surface area contributed by atoms with Crippen LogP contribution in [0.2, 0.25) is 0 Å². The first-order valence-electron chi connectivity index (χ1n) is 12.9. The number of rotatable bonds is 10. The van der Waals surface area contributed by atoms with E-state index >= 15 is 0 Å². The number of nitrogens with zero attached hydrogens (tertiary/aromatic N) is 2. The number of fused-ring (bicyclic) bond motifs is 1. The van der Waals surface area contributed by atoms with E-state index in [0.29, 0.717) is 13.1 Å². The molecule has 3 N–H and O–H groups in total. The first kappa shape index (κ1) is 30.9. The highest BCUT2D eigenvalue weighted by atomic mass is 19.4. The van der Waals surface area contributed by atoms with Crippen molar-refractivity contribution in [3.8, 4) is 5.75 Å². The quantitative estimate of drug-likeness (QED) is 0.398. The number of amides is 2. The lowest BCUT2D eigenvalue weighted by atomic mass is 9.99. The summed E-state index contributed by atoms with van der Waals surface area (Å²) >= 11 is 0. The van der Waals surface area contributed by atoms with Gasteiger partial charge in [0.25, 0.3) is 5.91 Å². The van der Waals surface area contributed by atoms with Gasteiger partial charge in [0.05, 0.1) is 30.2 Å². The summed E-state index contributed by atoms with van der Waals surface area (Å²) < 4.78 is 43.8. The molecule has 2 amide bonds. The average Bonchev–Trinajstić information content (AvgIpc) is 2.89. The van der Waals surface area contributed by atoms with Gasteiger partial charge in [-0.15, -0.1) is 0 Å². The number of alkyl halides is 3. The molecule has 0 bridgehead atoms. The van der Waals surface area contributed by atoms with Gasteiger partial charge in [-0.25, -0.2) is 4.79 Å². The van der Waals surface area contributed by atoms with Gasteiger partial charge in [-0.3, -0.25) is 14.5 Å². The van der Waals surface area contributed by atoms with Crippen LogP contribution >= 0.6 is 0 Å². The Morgan fingerprint density at radius 1 is 1.20 bits per heavy atom. The second-order valence-electron chi connectivity index (χ2n) is 10.2. The monoisotopic (exact) mass is 565 g/mol. The van der Waals surface area contributed by atoms with Crippen molar-refractivity contribution in [3.63, 3.8) is 0 Å². The van der Waals surface area contributed by atoms with Crippen molar-refractivity contribution in [1.29, 1.82) is 0 Å². The van der Waals surface area contributed by atoms with Crippen LogP contribution in [-0.4, -0.2) is 82.9 Å². The van der Waals surface area contributed by atoms with E-state index in [9.17, 15) is 32.7 Å². The molecule has 40 heavy (non-hydrogen) atoms. The molecule has 218 valence electrons. The molecule has 0 saturated carbocycles. The van der Waals surface area contributed by atoms with Crippen molar-refractivity contribution in [2.24, 2.45) is 5.92 Å². The van der Waals surface area contributed by atoms with Crippen LogP contribution in [0.5, 0.6) is 5.75 Å². The molecule has 2 aromatic carbocycles. The number of hydrogen-bond donors (Lipinski definition) is 3. The van der Waals surface area contributed by atoms with Gasteiger partial charge in [-0.1, -0.05) is 19.1 Å². The minimum absolute atomic E-state index is 0.123. The van der Waals surface area contributed by atoms with Gasteiger partial charge in [0.1, 0.15) is 11.9 Å². The number of aliphatic hydroxyl groups is 1. The van der Waals surface area contributed by atoms with Crippen molar-refractivity contribution in [1.82, 2.24) is 9.80 Å². The molecular formula is C28H34F3N3O6. The number of hydrogen-bond acceptors (Lipinski definition) is 6. The summed E-state index contributed by atoms with van der Waals surface area (Å²) in [6.45, 7) is 4.60. The summed E-state index contributed by atoms with van der Waals surface area (Å²) in [6, 6.07) is 10.4. The number of anilines is 1. The summed E-state index contributed by atoms with van der Waals surface area (Å²) in [5.41, 5.74) is 1.38. The number of carbonyl (C=O) groups is 3. The molecule has 0 saturated heterocycles. The average molecular weight is 566 g/mol. The number of aromatic carboxylic acids is 1. The third kappa shape index (κ3) is 8.43. The molecule has 0 aromatic heterocycles. The second-order valence-corrected chi connectivity index (χ2v) is 10.2. The smallest absolute Gasteiger partial charge is 0.389 e. The Morgan fingerprint density at radius 2 is 1.88 bits per heavy atom. The summed E-state index contributed by atoms with van der Waals surface area (Å²) in [5, 5.41) is 21.3. The van der Waals surface area contributed by atoms with Crippen LogP contribution in [0.1, 0.15) is 53.0 Å².